The van der Waals surface area contributed by atoms with E-state index in [1.165, 1.54) is 0 Å². The molecule has 0 radical (unpaired) electrons. The van der Waals surface area contributed by atoms with Gasteiger partial charge in [0.15, 0.2) is 12.0 Å². The summed E-state index contributed by atoms with van der Waals surface area (Å²) in [4.78, 5) is 10.7. The summed E-state index contributed by atoms with van der Waals surface area (Å²) in [5, 5.41) is 7.19. The van der Waals surface area contributed by atoms with Gasteiger partial charge in [-0.2, -0.15) is 5.10 Å². The van der Waals surface area contributed by atoms with Crippen LogP contribution in [0.2, 0.25) is 0 Å². The van der Waals surface area contributed by atoms with Gasteiger partial charge >= 0.3 is 0 Å². The van der Waals surface area contributed by atoms with Crippen LogP contribution in [-0.2, 0) is 0 Å². The second kappa shape index (κ2) is 4.57. The minimum Gasteiger partial charge on any atom is -0.453 e. The van der Waals surface area contributed by atoms with E-state index in [4.69, 9.17) is 4.42 Å². The zero-order valence-corrected chi connectivity index (χ0v) is 10.4. The number of aromatic amines is 1. The number of hydrogen-bond donors (Lipinski definition) is 1. The van der Waals surface area contributed by atoms with E-state index < -0.39 is 0 Å². The Morgan fingerprint density at radius 1 is 1.16 bits per heavy atom. The quantitative estimate of drug-likeness (QED) is 0.726. The maximum atomic E-state index is 10.7. The first-order valence-electron chi connectivity index (χ1n) is 5.95. The zero-order valence-electron chi connectivity index (χ0n) is 10.4. The van der Waals surface area contributed by atoms with Gasteiger partial charge in [0, 0.05) is 16.8 Å². The number of aromatic nitrogens is 2. The molecule has 0 aliphatic heterocycles. The lowest BCUT2D eigenvalue weighted by Crippen LogP contribution is -1.83. The monoisotopic (exact) mass is 252 g/mol. The van der Waals surface area contributed by atoms with Crippen molar-refractivity contribution < 1.29 is 9.21 Å². The second-order valence-electron chi connectivity index (χ2n) is 4.30. The van der Waals surface area contributed by atoms with Crippen molar-refractivity contribution in [3.8, 4) is 22.6 Å². The molecule has 19 heavy (non-hydrogen) atoms. The summed E-state index contributed by atoms with van der Waals surface area (Å²) in [6.45, 7) is 1.95. The largest absolute Gasteiger partial charge is 0.453 e. The average molecular weight is 252 g/mol. The van der Waals surface area contributed by atoms with Crippen molar-refractivity contribution in [1.29, 1.82) is 0 Å². The fourth-order valence-corrected chi connectivity index (χ4v) is 2.04. The van der Waals surface area contributed by atoms with Gasteiger partial charge in [-0.15, -0.1) is 0 Å². The number of carbonyl (C=O) groups excluding carboxylic acids is 1. The van der Waals surface area contributed by atoms with Crippen molar-refractivity contribution in [1.82, 2.24) is 10.2 Å². The zero-order chi connectivity index (χ0) is 13.2. The van der Waals surface area contributed by atoms with Gasteiger partial charge in [0.2, 0.25) is 0 Å². The Balaban J connectivity index is 2.14. The van der Waals surface area contributed by atoms with Gasteiger partial charge in [0.1, 0.15) is 5.76 Å². The van der Waals surface area contributed by atoms with E-state index in [0.29, 0.717) is 17.8 Å². The predicted molar refractivity (Wildman–Crippen MR) is 71.9 cm³/mol. The van der Waals surface area contributed by atoms with Crippen molar-refractivity contribution in [3.63, 3.8) is 0 Å². The molecule has 1 N–H and O–H groups in total. The summed E-state index contributed by atoms with van der Waals surface area (Å²) in [7, 11) is 0. The maximum Gasteiger partial charge on any atom is 0.185 e. The first-order chi connectivity index (χ1) is 9.28. The van der Waals surface area contributed by atoms with Crippen LogP contribution in [-0.4, -0.2) is 16.5 Å². The number of rotatable bonds is 3. The lowest BCUT2D eigenvalue weighted by molar-refractivity contribution is 0.110. The van der Waals surface area contributed by atoms with Crippen LogP contribution in [0.1, 0.15) is 16.2 Å². The third kappa shape index (κ3) is 2.08. The molecule has 4 heteroatoms. The summed E-state index contributed by atoms with van der Waals surface area (Å²) in [6, 6.07) is 13.2. The Morgan fingerprint density at radius 3 is 2.58 bits per heavy atom. The predicted octanol–water partition coefficient (Wildman–Crippen LogP) is 3.46. The van der Waals surface area contributed by atoms with Crippen LogP contribution in [0.5, 0.6) is 0 Å². The average Bonchev–Trinajstić information content (AvgIpc) is 3.07. The number of H-pyrrole nitrogens is 1. The molecule has 0 fully saturated rings. The van der Waals surface area contributed by atoms with E-state index in [2.05, 4.69) is 10.2 Å². The number of carbonyl (C=O) groups is 1. The number of hydrogen-bond acceptors (Lipinski definition) is 3. The van der Waals surface area contributed by atoms with Crippen LogP contribution >= 0.6 is 0 Å². The van der Waals surface area contributed by atoms with Gasteiger partial charge in [-0.05, 0) is 25.1 Å². The van der Waals surface area contributed by atoms with Crippen LogP contribution in [0.25, 0.3) is 22.6 Å². The third-order valence-corrected chi connectivity index (χ3v) is 2.92. The molecule has 3 rings (SSSR count). The summed E-state index contributed by atoms with van der Waals surface area (Å²) >= 11 is 0. The van der Waals surface area contributed by atoms with Gasteiger partial charge < -0.3 is 4.42 Å². The normalized spacial score (nSPS) is 10.6. The summed E-state index contributed by atoms with van der Waals surface area (Å²) in [6.07, 6.45) is 0.699. The molecule has 0 bridgehead atoms. The molecule has 0 aliphatic carbocycles. The van der Waals surface area contributed by atoms with Gasteiger partial charge in [0.05, 0.1) is 5.69 Å². The Hall–Kier alpha value is -2.62. The van der Waals surface area contributed by atoms with Crippen LogP contribution in [0.15, 0.2) is 46.9 Å². The molecular weight excluding hydrogens is 240 g/mol. The number of nitrogens with one attached hydrogen (secondary N) is 1. The molecule has 94 valence electrons. The third-order valence-electron chi connectivity index (χ3n) is 2.92. The van der Waals surface area contributed by atoms with Crippen LogP contribution < -0.4 is 0 Å². The number of benzene rings is 1. The van der Waals surface area contributed by atoms with E-state index in [1.54, 1.807) is 12.1 Å². The molecule has 0 aliphatic rings. The van der Waals surface area contributed by atoms with E-state index in [1.807, 2.05) is 37.3 Å². The number of furan rings is 1. The van der Waals surface area contributed by atoms with Gasteiger partial charge in [-0.1, -0.05) is 24.3 Å². The Labute approximate surface area is 110 Å². The highest BCUT2D eigenvalue weighted by Crippen LogP contribution is 2.31. The molecular formula is C15H12N2O2. The van der Waals surface area contributed by atoms with Crippen molar-refractivity contribution in [2.75, 3.05) is 0 Å². The highest BCUT2D eigenvalue weighted by molar-refractivity contribution is 5.81. The fraction of sp³-hybridized carbons (Fsp3) is 0.0667. The number of nitrogens with zero attached hydrogens (tertiary/aromatic N) is 1. The van der Waals surface area contributed by atoms with Crippen LogP contribution in [0.4, 0.5) is 0 Å². The molecule has 4 nitrogen and oxygen atoms in total. The van der Waals surface area contributed by atoms with Crippen molar-refractivity contribution in [2.24, 2.45) is 0 Å². The molecule has 0 saturated carbocycles. The highest BCUT2D eigenvalue weighted by atomic mass is 16.3. The first kappa shape index (κ1) is 11.5. The molecule has 0 atom stereocenters. The SMILES string of the molecule is Cc1cc(-c2ccccc2-c2ccc(C=O)o2)n[nH]1. The Bertz CT molecular complexity index is 725. The van der Waals surface area contributed by atoms with Gasteiger partial charge in [-0.25, -0.2) is 0 Å². The van der Waals surface area contributed by atoms with E-state index in [0.717, 1.165) is 22.5 Å². The van der Waals surface area contributed by atoms with Crippen LogP contribution in [0.3, 0.4) is 0 Å². The molecule has 2 aromatic heterocycles. The standard InChI is InChI=1S/C15H12N2O2/c1-10-8-14(17-16-10)12-4-2-3-5-13(12)15-7-6-11(9-18)19-15/h2-9H,1H3,(H,16,17). The lowest BCUT2D eigenvalue weighted by Gasteiger charge is -2.04. The topological polar surface area (TPSA) is 58.9 Å². The Kier molecular flexibility index (Phi) is 2.76. The minimum atomic E-state index is 0.322. The van der Waals surface area contributed by atoms with Crippen molar-refractivity contribution in [2.45, 2.75) is 6.92 Å². The molecule has 0 amide bonds. The second-order valence-corrected chi connectivity index (χ2v) is 4.30. The summed E-state index contributed by atoms with van der Waals surface area (Å²) in [5.74, 6) is 0.987. The van der Waals surface area contributed by atoms with Gasteiger partial charge in [-0.3, -0.25) is 9.89 Å². The number of aldehydes is 1. The lowest BCUT2D eigenvalue weighted by atomic mass is 10.0. The molecule has 3 aromatic rings. The van der Waals surface area contributed by atoms with E-state index >= 15 is 0 Å². The van der Waals surface area contributed by atoms with E-state index in [9.17, 15) is 4.79 Å². The molecule has 0 unspecified atom stereocenters. The number of aryl methyl sites for hydroxylation is 1. The smallest absolute Gasteiger partial charge is 0.185 e. The van der Waals surface area contributed by atoms with E-state index in [-0.39, 0.29) is 0 Å². The maximum absolute atomic E-state index is 10.7. The first-order valence-corrected chi connectivity index (χ1v) is 5.95. The van der Waals surface area contributed by atoms with Crippen molar-refractivity contribution >= 4 is 6.29 Å². The summed E-state index contributed by atoms with van der Waals surface area (Å²) < 4.78 is 5.48. The Morgan fingerprint density at radius 2 is 1.95 bits per heavy atom. The van der Waals surface area contributed by atoms with Gasteiger partial charge in [0.25, 0.3) is 0 Å². The molecule has 1 aromatic carbocycles. The highest BCUT2D eigenvalue weighted by Gasteiger charge is 2.12. The molecule has 2 heterocycles. The summed E-state index contributed by atoms with van der Waals surface area (Å²) in [5.41, 5.74) is 3.75. The van der Waals surface area contributed by atoms with Crippen molar-refractivity contribution in [3.05, 3.63) is 53.9 Å². The fourth-order valence-electron chi connectivity index (χ4n) is 2.04. The molecule has 0 spiro atoms. The minimum absolute atomic E-state index is 0.322. The molecule has 0 saturated heterocycles. The van der Waals surface area contributed by atoms with Crippen LogP contribution in [0, 0.1) is 6.92 Å².